The van der Waals surface area contributed by atoms with E-state index in [1.807, 2.05) is 6.08 Å². The number of hydrogen-bond donors (Lipinski definition) is 2. The van der Waals surface area contributed by atoms with Gasteiger partial charge in [-0.15, -0.1) is 6.58 Å². The van der Waals surface area contributed by atoms with Gasteiger partial charge in [0.2, 0.25) is 0 Å². The van der Waals surface area contributed by atoms with Crippen LogP contribution in [0.1, 0.15) is 13.8 Å². The van der Waals surface area contributed by atoms with Crippen molar-refractivity contribution in [3.8, 4) is 0 Å². The molecule has 1 aliphatic rings. The number of hydrogen-bond acceptors (Lipinski definition) is 3. The molecule has 110 valence electrons. The molecule has 0 radical (unpaired) electrons. The molecule has 1 fully saturated rings. The lowest BCUT2D eigenvalue weighted by Gasteiger charge is -2.34. The molecule has 1 heterocycles. The molecular formula is C14H28N4O. The Morgan fingerprint density at radius 1 is 1.53 bits per heavy atom. The maximum absolute atomic E-state index is 5.78. The van der Waals surface area contributed by atoms with E-state index in [0.717, 1.165) is 38.7 Å². The highest BCUT2D eigenvalue weighted by Gasteiger charge is 2.20. The highest BCUT2D eigenvalue weighted by molar-refractivity contribution is 5.79. The smallest absolute Gasteiger partial charge is 0.191 e. The topological polar surface area (TPSA) is 48.9 Å². The van der Waals surface area contributed by atoms with Crippen LogP contribution in [0.5, 0.6) is 0 Å². The summed E-state index contributed by atoms with van der Waals surface area (Å²) in [5.74, 6) is 1.50. The van der Waals surface area contributed by atoms with Crippen molar-refractivity contribution in [2.24, 2.45) is 10.9 Å². The summed E-state index contributed by atoms with van der Waals surface area (Å²) in [5, 5.41) is 6.44. The van der Waals surface area contributed by atoms with Crippen LogP contribution in [0.2, 0.25) is 0 Å². The summed E-state index contributed by atoms with van der Waals surface area (Å²) in [6.45, 7) is 13.7. The first-order valence-corrected chi connectivity index (χ1v) is 7.05. The third-order valence-electron chi connectivity index (χ3n) is 2.98. The molecule has 0 aliphatic carbocycles. The third-order valence-corrected chi connectivity index (χ3v) is 2.98. The Labute approximate surface area is 117 Å². The van der Waals surface area contributed by atoms with Gasteiger partial charge in [-0.3, -0.25) is 9.89 Å². The number of aliphatic imine (C=N–C) groups is 1. The molecule has 0 aromatic heterocycles. The molecule has 0 aromatic carbocycles. The van der Waals surface area contributed by atoms with Crippen molar-refractivity contribution in [3.05, 3.63) is 12.7 Å². The Kier molecular flexibility index (Phi) is 7.52. The quantitative estimate of drug-likeness (QED) is 0.423. The number of nitrogens with zero attached hydrogens (tertiary/aromatic N) is 2. The predicted molar refractivity (Wildman–Crippen MR) is 80.6 cm³/mol. The zero-order valence-electron chi connectivity index (χ0n) is 12.5. The second-order valence-electron chi connectivity index (χ2n) is 5.27. The van der Waals surface area contributed by atoms with Crippen molar-refractivity contribution < 1.29 is 4.74 Å². The molecule has 0 spiro atoms. The van der Waals surface area contributed by atoms with E-state index >= 15 is 0 Å². The largest absolute Gasteiger partial charge is 0.374 e. The van der Waals surface area contributed by atoms with Crippen molar-refractivity contribution in [1.29, 1.82) is 0 Å². The number of nitrogens with one attached hydrogen (secondary N) is 2. The van der Waals surface area contributed by atoms with Gasteiger partial charge in [0.15, 0.2) is 5.96 Å². The van der Waals surface area contributed by atoms with Crippen LogP contribution in [0.25, 0.3) is 0 Å². The van der Waals surface area contributed by atoms with Gasteiger partial charge < -0.3 is 15.4 Å². The molecule has 19 heavy (non-hydrogen) atoms. The molecule has 5 nitrogen and oxygen atoms in total. The van der Waals surface area contributed by atoms with Crippen molar-refractivity contribution in [3.63, 3.8) is 0 Å². The van der Waals surface area contributed by atoms with Crippen LogP contribution in [-0.4, -0.2) is 63.3 Å². The molecule has 0 amide bonds. The Morgan fingerprint density at radius 3 is 2.95 bits per heavy atom. The molecule has 1 atom stereocenters. The van der Waals surface area contributed by atoms with E-state index < -0.39 is 0 Å². The van der Waals surface area contributed by atoms with Crippen LogP contribution in [0, 0.1) is 5.92 Å². The maximum Gasteiger partial charge on any atom is 0.191 e. The standard InChI is InChI=1S/C14H28N4O/c1-5-6-16-14(15-4)17-9-13-11-18(7-8-19-13)10-12(2)3/h5,12-13H,1,6-11H2,2-4H3,(H2,15,16,17). The number of morpholine rings is 1. The molecule has 0 saturated carbocycles. The van der Waals surface area contributed by atoms with E-state index in [4.69, 9.17) is 4.74 Å². The van der Waals surface area contributed by atoms with Crippen molar-refractivity contribution in [2.75, 3.05) is 46.4 Å². The fourth-order valence-electron chi connectivity index (χ4n) is 2.19. The predicted octanol–water partition coefficient (Wildman–Crippen LogP) is 0.694. The molecular weight excluding hydrogens is 240 g/mol. The van der Waals surface area contributed by atoms with Crippen LogP contribution in [0.15, 0.2) is 17.6 Å². The van der Waals surface area contributed by atoms with Crippen LogP contribution in [-0.2, 0) is 4.74 Å². The molecule has 2 N–H and O–H groups in total. The molecule has 1 unspecified atom stereocenters. The highest BCUT2D eigenvalue weighted by atomic mass is 16.5. The lowest BCUT2D eigenvalue weighted by atomic mass is 10.2. The minimum atomic E-state index is 0.231. The molecule has 1 aliphatic heterocycles. The Morgan fingerprint density at radius 2 is 2.32 bits per heavy atom. The Bertz CT molecular complexity index is 291. The highest BCUT2D eigenvalue weighted by Crippen LogP contribution is 2.07. The van der Waals surface area contributed by atoms with Gasteiger partial charge in [-0.05, 0) is 5.92 Å². The van der Waals surface area contributed by atoms with Crippen molar-refractivity contribution in [2.45, 2.75) is 20.0 Å². The summed E-state index contributed by atoms with van der Waals surface area (Å²) in [6, 6.07) is 0. The average Bonchev–Trinajstić information content (AvgIpc) is 2.38. The van der Waals surface area contributed by atoms with Crippen LogP contribution in [0.4, 0.5) is 0 Å². The fraction of sp³-hybridized carbons (Fsp3) is 0.786. The summed E-state index contributed by atoms with van der Waals surface area (Å²) in [4.78, 5) is 6.63. The molecule has 0 bridgehead atoms. The zero-order chi connectivity index (χ0) is 14.1. The van der Waals surface area contributed by atoms with E-state index in [-0.39, 0.29) is 6.10 Å². The van der Waals surface area contributed by atoms with Crippen LogP contribution in [0.3, 0.4) is 0 Å². The van der Waals surface area contributed by atoms with Crippen molar-refractivity contribution in [1.82, 2.24) is 15.5 Å². The van der Waals surface area contributed by atoms with E-state index in [1.165, 1.54) is 0 Å². The third kappa shape index (κ3) is 6.59. The van der Waals surface area contributed by atoms with Gasteiger partial charge in [-0.1, -0.05) is 19.9 Å². The van der Waals surface area contributed by atoms with Gasteiger partial charge in [0.1, 0.15) is 0 Å². The second-order valence-corrected chi connectivity index (χ2v) is 5.27. The van der Waals surface area contributed by atoms with E-state index in [9.17, 15) is 0 Å². The summed E-state index contributed by atoms with van der Waals surface area (Å²) < 4.78 is 5.78. The first-order chi connectivity index (χ1) is 9.15. The van der Waals surface area contributed by atoms with Crippen LogP contribution < -0.4 is 10.6 Å². The summed E-state index contributed by atoms with van der Waals surface area (Å²) in [7, 11) is 1.77. The zero-order valence-corrected chi connectivity index (χ0v) is 12.5. The molecule has 1 rings (SSSR count). The number of guanidine groups is 1. The SMILES string of the molecule is C=CCNC(=NC)NCC1CN(CC(C)C)CCO1. The molecule has 0 aromatic rings. The van der Waals surface area contributed by atoms with Gasteiger partial charge in [-0.25, -0.2) is 0 Å². The number of ether oxygens (including phenoxy) is 1. The van der Waals surface area contributed by atoms with E-state index in [1.54, 1.807) is 7.05 Å². The van der Waals surface area contributed by atoms with Crippen LogP contribution >= 0.6 is 0 Å². The molecule has 5 heteroatoms. The monoisotopic (exact) mass is 268 g/mol. The van der Waals surface area contributed by atoms with Gasteiger partial charge in [0, 0.05) is 39.8 Å². The minimum absolute atomic E-state index is 0.231. The van der Waals surface area contributed by atoms with E-state index in [2.05, 4.69) is 41.0 Å². The summed E-state index contributed by atoms with van der Waals surface area (Å²) in [6.07, 6.45) is 2.05. The van der Waals surface area contributed by atoms with Gasteiger partial charge in [-0.2, -0.15) is 0 Å². The van der Waals surface area contributed by atoms with E-state index in [0.29, 0.717) is 12.5 Å². The lowest BCUT2D eigenvalue weighted by molar-refractivity contribution is -0.0284. The van der Waals surface area contributed by atoms with Gasteiger partial charge >= 0.3 is 0 Å². The average molecular weight is 268 g/mol. The lowest BCUT2D eigenvalue weighted by Crippen LogP contribution is -2.50. The first-order valence-electron chi connectivity index (χ1n) is 7.05. The first kappa shape index (κ1) is 16.0. The number of rotatable bonds is 6. The van der Waals surface area contributed by atoms with Gasteiger partial charge in [0.25, 0.3) is 0 Å². The Hall–Kier alpha value is -1.07. The van der Waals surface area contributed by atoms with Crippen molar-refractivity contribution >= 4 is 5.96 Å². The summed E-state index contributed by atoms with van der Waals surface area (Å²) >= 11 is 0. The normalized spacial score (nSPS) is 21.5. The second kappa shape index (κ2) is 8.93. The minimum Gasteiger partial charge on any atom is -0.374 e. The molecule has 1 saturated heterocycles. The maximum atomic E-state index is 5.78. The Balaban J connectivity index is 2.29. The summed E-state index contributed by atoms with van der Waals surface area (Å²) in [5.41, 5.74) is 0. The van der Waals surface area contributed by atoms with Gasteiger partial charge in [0.05, 0.1) is 12.7 Å². The fourth-order valence-corrected chi connectivity index (χ4v) is 2.19.